The van der Waals surface area contributed by atoms with Gasteiger partial charge >= 0.3 is 0 Å². The summed E-state index contributed by atoms with van der Waals surface area (Å²) in [5.74, 6) is 0. The van der Waals surface area contributed by atoms with Crippen LogP contribution in [-0.2, 0) is 9.84 Å². The van der Waals surface area contributed by atoms with Gasteiger partial charge in [0.05, 0.1) is 0 Å². The first-order chi connectivity index (χ1) is 7.22. The molecule has 0 N–H and O–H groups in total. The Bertz CT molecular complexity index is 485. The van der Waals surface area contributed by atoms with Gasteiger partial charge in [-0.2, -0.15) is 0 Å². The molecule has 0 radical (unpaired) electrons. The topological polar surface area (TPSA) is 34.1 Å². The zero-order chi connectivity index (χ0) is 12.4. The van der Waals surface area contributed by atoms with Crippen molar-refractivity contribution in [3.8, 4) is 0 Å². The average molecular weight is 320 g/mol. The van der Waals surface area contributed by atoms with Crippen LogP contribution in [0.4, 0.5) is 0 Å². The number of sulfone groups is 1. The van der Waals surface area contributed by atoms with E-state index in [2.05, 4.69) is 0 Å². The predicted octanol–water partition coefficient (Wildman–Crippen LogP) is 4.05. The molecule has 88 valence electrons. The summed E-state index contributed by atoms with van der Waals surface area (Å²) in [6.45, 7) is 0. The van der Waals surface area contributed by atoms with Gasteiger partial charge in [-0.25, -0.2) is 8.42 Å². The monoisotopic (exact) mass is 318 g/mol. The Labute approximate surface area is 114 Å². The van der Waals surface area contributed by atoms with Gasteiger partial charge in [0.25, 0.3) is 3.12 Å². The second kappa shape index (κ2) is 5.15. The summed E-state index contributed by atoms with van der Waals surface area (Å²) < 4.78 is 20.4. The van der Waals surface area contributed by atoms with Crippen LogP contribution in [0.2, 0.25) is 5.02 Å². The molecule has 0 aliphatic heterocycles. The summed E-state index contributed by atoms with van der Waals surface area (Å²) in [5.41, 5.74) is 0.641. The minimum atomic E-state index is -3.92. The van der Waals surface area contributed by atoms with Crippen LogP contribution in [0.3, 0.4) is 0 Å². The van der Waals surface area contributed by atoms with Gasteiger partial charge in [0.1, 0.15) is 0 Å². The number of hydrogen-bond acceptors (Lipinski definition) is 2. The molecule has 0 saturated heterocycles. The number of hydrogen-bond donors (Lipinski definition) is 0. The third-order valence-electron chi connectivity index (χ3n) is 1.63. The molecule has 0 aliphatic rings. The van der Waals surface area contributed by atoms with Crippen molar-refractivity contribution in [3.05, 3.63) is 40.3 Å². The van der Waals surface area contributed by atoms with Crippen molar-refractivity contribution >= 4 is 62.3 Å². The van der Waals surface area contributed by atoms with Crippen LogP contribution in [0.1, 0.15) is 5.56 Å². The molecule has 0 aromatic heterocycles. The Kier molecular flexibility index (Phi) is 4.55. The van der Waals surface area contributed by atoms with Crippen molar-refractivity contribution in [1.82, 2.24) is 0 Å². The smallest absolute Gasteiger partial charge is 0.220 e. The van der Waals surface area contributed by atoms with Crippen LogP contribution in [0.15, 0.2) is 29.7 Å². The lowest BCUT2D eigenvalue weighted by molar-refractivity contribution is 0.605. The van der Waals surface area contributed by atoms with Gasteiger partial charge < -0.3 is 0 Å². The normalized spacial score (nSPS) is 13.2. The van der Waals surface area contributed by atoms with E-state index in [0.717, 1.165) is 5.41 Å². The van der Waals surface area contributed by atoms with Crippen molar-refractivity contribution in [3.63, 3.8) is 0 Å². The minimum absolute atomic E-state index is 0.557. The number of rotatable bonds is 2. The molecule has 1 rings (SSSR count). The highest BCUT2D eigenvalue weighted by Gasteiger charge is 2.35. The van der Waals surface area contributed by atoms with Gasteiger partial charge in [-0.1, -0.05) is 58.5 Å². The van der Waals surface area contributed by atoms with E-state index in [4.69, 9.17) is 46.4 Å². The molecule has 0 unspecified atom stereocenters. The summed E-state index contributed by atoms with van der Waals surface area (Å²) in [4.78, 5) is 0. The van der Waals surface area contributed by atoms with Crippen molar-refractivity contribution < 1.29 is 8.42 Å². The summed E-state index contributed by atoms with van der Waals surface area (Å²) in [6, 6.07) is 6.55. The average Bonchev–Trinajstić information content (AvgIpc) is 2.15. The SMILES string of the molecule is O=S(=O)(/C=C/c1ccc(Cl)cc1)C(Cl)(Cl)Cl. The second-order valence-corrected chi connectivity index (χ2v) is 8.21. The Balaban J connectivity index is 2.94. The van der Waals surface area contributed by atoms with Crippen LogP contribution in [0.5, 0.6) is 0 Å². The molecule has 1 aromatic carbocycles. The highest BCUT2D eigenvalue weighted by atomic mass is 35.6. The molecule has 1 aromatic rings. The minimum Gasteiger partial charge on any atom is -0.220 e. The molecule has 0 fully saturated rings. The van der Waals surface area contributed by atoms with Gasteiger partial charge in [0.15, 0.2) is 0 Å². The second-order valence-electron chi connectivity index (χ2n) is 2.85. The molecule has 0 aliphatic carbocycles. The number of benzene rings is 1. The highest BCUT2D eigenvalue weighted by molar-refractivity contribution is 7.99. The third kappa shape index (κ3) is 3.82. The van der Waals surface area contributed by atoms with E-state index in [1.807, 2.05) is 0 Å². The third-order valence-corrected chi connectivity index (χ3v) is 4.96. The van der Waals surface area contributed by atoms with Gasteiger partial charge in [-0.3, -0.25) is 0 Å². The molecule has 0 atom stereocenters. The van der Waals surface area contributed by atoms with Gasteiger partial charge in [-0.15, -0.1) is 0 Å². The highest BCUT2D eigenvalue weighted by Crippen LogP contribution is 2.34. The first kappa shape index (κ1) is 14.1. The molecular formula is C9H6Cl4O2S. The van der Waals surface area contributed by atoms with Gasteiger partial charge in [-0.05, 0) is 23.8 Å². The summed E-state index contributed by atoms with van der Waals surface area (Å²) in [5, 5.41) is 1.41. The summed E-state index contributed by atoms with van der Waals surface area (Å²) in [7, 11) is -3.92. The zero-order valence-electron chi connectivity index (χ0n) is 7.70. The Morgan fingerprint density at radius 2 is 1.56 bits per heavy atom. The summed E-state index contributed by atoms with van der Waals surface area (Å²) in [6.07, 6.45) is 1.33. The van der Waals surface area contributed by atoms with Crippen LogP contribution in [0, 0.1) is 0 Å². The van der Waals surface area contributed by atoms with Crippen molar-refractivity contribution in [2.24, 2.45) is 0 Å². The Morgan fingerprint density at radius 3 is 2.00 bits per heavy atom. The molecule has 0 heterocycles. The molecule has 0 spiro atoms. The standard InChI is InChI=1S/C9H6Cl4O2S/c10-8-3-1-7(2-4-8)5-6-16(14,15)9(11,12)13/h1-6H/b6-5+. The maximum atomic E-state index is 11.4. The van der Waals surface area contributed by atoms with E-state index in [1.165, 1.54) is 6.08 Å². The molecule has 16 heavy (non-hydrogen) atoms. The van der Waals surface area contributed by atoms with E-state index < -0.39 is 13.0 Å². The van der Waals surface area contributed by atoms with Gasteiger partial charge in [0, 0.05) is 10.4 Å². The molecule has 2 nitrogen and oxygen atoms in total. The molecule has 0 amide bonds. The fourth-order valence-corrected chi connectivity index (χ4v) is 1.90. The van der Waals surface area contributed by atoms with Crippen LogP contribution in [-0.4, -0.2) is 11.5 Å². The quantitative estimate of drug-likeness (QED) is 0.770. The fraction of sp³-hybridized carbons (Fsp3) is 0.111. The summed E-state index contributed by atoms with van der Waals surface area (Å²) >= 11 is 21.5. The van der Waals surface area contributed by atoms with E-state index >= 15 is 0 Å². The Hall–Kier alpha value is 0.0700. The van der Waals surface area contributed by atoms with E-state index in [-0.39, 0.29) is 0 Å². The lowest BCUT2D eigenvalue weighted by atomic mass is 10.2. The molecular weight excluding hydrogens is 314 g/mol. The molecule has 0 saturated carbocycles. The van der Waals surface area contributed by atoms with Crippen LogP contribution >= 0.6 is 46.4 Å². The lowest BCUT2D eigenvalue weighted by Gasteiger charge is -2.07. The first-order valence-corrected chi connectivity index (χ1v) is 7.03. The van der Waals surface area contributed by atoms with Crippen molar-refractivity contribution in [2.45, 2.75) is 3.12 Å². The first-order valence-electron chi connectivity index (χ1n) is 3.97. The number of halogens is 4. The predicted molar refractivity (Wildman–Crippen MR) is 69.7 cm³/mol. The Morgan fingerprint density at radius 1 is 1.06 bits per heavy atom. The lowest BCUT2D eigenvalue weighted by Crippen LogP contribution is -2.16. The molecule has 0 bridgehead atoms. The number of alkyl halides is 3. The maximum Gasteiger partial charge on any atom is 0.296 e. The fourth-order valence-electron chi connectivity index (χ4n) is 0.819. The van der Waals surface area contributed by atoms with Crippen molar-refractivity contribution in [2.75, 3.05) is 0 Å². The maximum absolute atomic E-state index is 11.4. The largest absolute Gasteiger partial charge is 0.296 e. The van der Waals surface area contributed by atoms with E-state index in [0.29, 0.717) is 10.6 Å². The van der Waals surface area contributed by atoms with Crippen LogP contribution in [0.25, 0.3) is 6.08 Å². The van der Waals surface area contributed by atoms with E-state index in [9.17, 15) is 8.42 Å². The van der Waals surface area contributed by atoms with Crippen LogP contribution < -0.4 is 0 Å². The molecule has 7 heteroatoms. The zero-order valence-corrected chi connectivity index (χ0v) is 11.5. The van der Waals surface area contributed by atoms with Gasteiger partial charge in [0.2, 0.25) is 9.84 Å². The van der Waals surface area contributed by atoms with E-state index in [1.54, 1.807) is 24.3 Å². The van der Waals surface area contributed by atoms with Crippen molar-refractivity contribution in [1.29, 1.82) is 0 Å².